The fourth-order valence-electron chi connectivity index (χ4n) is 3.51. The molecule has 33 heavy (non-hydrogen) atoms. The summed E-state index contributed by atoms with van der Waals surface area (Å²) in [5.74, 6) is -0.562. The van der Waals surface area contributed by atoms with Gasteiger partial charge in [0.05, 0.1) is 17.2 Å². The molecule has 0 aromatic heterocycles. The molecule has 0 aliphatic carbocycles. The first-order chi connectivity index (χ1) is 16.0. The third-order valence-electron chi connectivity index (χ3n) is 5.11. The summed E-state index contributed by atoms with van der Waals surface area (Å²) in [6.07, 6.45) is 0. The topological polar surface area (TPSA) is 76.7 Å². The zero-order chi connectivity index (χ0) is 23.2. The average Bonchev–Trinajstić information content (AvgIpc) is 2.83. The predicted molar refractivity (Wildman–Crippen MR) is 128 cm³/mol. The molecule has 3 aromatic carbocycles. The van der Waals surface area contributed by atoms with Crippen molar-refractivity contribution < 1.29 is 19.1 Å². The van der Waals surface area contributed by atoms with Crippen LogP contribution in [0.15, 0.2) is 96.2 Å². The summed E-state index contributed by atoms with van der Waals surface area (Å²) >= 11 is 5.31. The van der Waals surface area contributed by atoms with E-state index in [-0.39, 0.29) is 6.61 Å². The van der Waals surface area contributed by atoms with Crippen molar-refractivity contribution in [1.29, 1.82) is 0 Å². The molecule has 0 spiro atoms. The fraction of sp³-hybridized carbons (Fsp3) is 0.115. The summed E-state index contributed by atoms with van der Waals surface area (Å²) in [6, 6.07) is 24.7. The van der Waals surface area contributed by atoms with Crippen molar-refractivity contribution in [3.8, 4) is 5.75 Å². The van der Waals surface area contributed by atoms with Crippen LogP contribution >= 0.6 is 12.2 Å². The van der Waals surface area contributed by atoms with E-state index in [1.165, 1.54) is 0 Å². The van der Waals surface area contributed by atoms with Gasteiger partial charge in [0.1, 0.15) is 12.4 Å². The standard InChI is InChI=1S/C26H22N2O4S/c1-17-22(25(30)31-16-18-9-4-2-5-10-18)23(28-26(33)27-17)20-13-8-14-21(15-20)32-24(29)19-11-6-3-7-12-19/h2-15,23H,16H2,1H3,(H2,27,28,33). The van der Waals surface area contributed by atoms with Crippen molar-refractivity contribution in [2.45, 2.75) is 19.6 Å². The molecule has 4 rings (SSSR count). The molecule has 166 valence electrons. The first-order valence-corrected chi connectivity index (χ1v) is 10.8. The number of hydrogen-bond acceptors (Lipinski definition) is 5. The van der Waals surface area contributed by atoms with Crippen LogP contribution in [0, 0.1) is 0 Å². The maximum absolute atomic E-state index is 13.0. The highest BCUT2D eigenvalue weighted by atomic mass is 32.1. The molecule has 2 N–H and O–H groups in total. The van der Waals surface area contributed by atoms with Gasteiger partial charge in [-0.2, -0.15) is 0 Å². The minimum absolute atomic E-state index is 0.155. The maximum Gasteiger partial charge on any atom is 0.343 e. The highest BCUT2D eigenvalue weighted by Gasteiger charge is 2.31. The summed E-state index contributed by atoms with van der Waals surface area (Å²) in [4.78, 5) is 25.5. The molecule has 0 amide bonds. The Balaban J connectivity index is 1.56. The van der Waals surface area contributed by atoms with Crippen molar-refractivity contribution in [2.75, 3.05) is 0 Å². The van der Waals surface area contributed by atoms with Gasteiger partial charge in [-0.1, -0.05) is 60.7 Å². The number of rotatable bonds is 6. The zero-order valence-corrected chi connectivity index (χ0v) is 18.7. The number of nitrogens with one attached hydrogen (secondary N) is 2. The number of thiocarbonyl (C=S) groups is 1. The van der Waals surface area contributed by atoms with E-state index < -0.39 is 18.0 Å². The zero-order valence-electron chi connectivity index (χ0n) is 17.9. The molecular formula is C26H22N2O4S. The van der Waals surface area contributed by atoms with Crippen LogP contribution in [-0.4, -0.2) is 17.1 Å². The van der Waals surface area contributed by atoms with E-state index in [9.17, 15) is 9.59 Å². The number of hydrogen-bond donors (Lipinski definition) is 2. The highest BCUT2D eigenvalue weighted by Crippen LogP contribution is 2.30. The first kappa shape index (κ1) is 22.2. The number of benzene rings is 3. The normalized spacial score (nSPS) is 15.3. The van der Waals surface area contributed by atoms with Crippen LogP contribution in [0.1, 0.15) is 34.5 Å². The third-order valence-corrected chi connectivity index (χ3v) is 5.33. The molecule has 0 fully saturated rings. The van der Waals surface area contributed by atoms with Crippen LogP contribution < -0.4 is 15.4 Å². The molecular weight excluding hydrogens is 436 g/mol. The first-order valence-electron chi connectivity index (χ1n) is 10.4. The minimum Gasteiger partial charge on any atom is -0.457 e. The minimum atomic E-state index is -0.558. The number of esters is 2. The Labute approximate surface area is 197 Å². The molecule has 0 radical (unpaired) electrons. The molecule has 1 heterocycles. The maximum atomic E-state index is 13.0. The Bertz CT molecular complexity index is 1210. The quantitative estimate of drug-likeness (QED) is 0.321. The van der Waals surface area contributed by atoms with E-state index in [0.717, 1.165) is 5.56 Å². The number of allylic oxidation sites excluding steroid dienone is 1. The van der Waals surface area contributed by atoms with Crippen molar-refractivity contribution in [3.05, 3.63) is 113 Å². The van der Waals surface area contributed by atoms with Gasteiger partial charge in [-0.15, -0.1) is 0 Å². The number of carbonyl (C=O) groups is 2. The Hall–Kier alpha value is -3.97. The summed E-state index contributed by atoms with van der Waals surface area (Å²) in [6.45, 7) is 1.93. The summed E-state index contributed by atoms with van der Waals surface area (Å²) in [5, 5.41) is 6.51. The Morgan fingerprint density at radius 2 is 1.61 bits per heavy atom. The van der Waals surface area contributed by atoms with Gasteiger partial charge >= 0.3 is 11.9 Å². The van der Waals surface area contributed by atoms with Gasteiger partial charge < -0.3 is 20.1 Å². The van der Waals surface area contributed by atoms with Gasteiger partial charge in [0, 0.05) is 5.70 Å². The molecule has 1 unspecified atom stereocenters. The lowest BCUT2D eigenvalue weighted by molar-refractivity contribution is -0.140. The van der Waals surface area contributed by atoms with Crippen LogP contribution in [0.5, 0.6) is 5.75 Å². The summed E-state index contributed by atoms with van der Waals surface area (Å²) in [5.41, 5.74) is 3.07. The molecule has 0 saturated carbocycles. The molecule has 6 nitrogen and oxygen atoms in total. The van der Waals surface area contributed by atoms with Crippen molar-refractivity contribution >= 4 is 29.3 Å². The fourth-order valence-corrected chi connectivity index (χ4v) is 3.78. The monoisotopic (exact) mass is 458 g/mol. The predicted octanol–water partition coefficient (Wildman–Crippen LogP) is 4.44. The molecule has 0 bridgehead atoms. The van der Waals surface area contributed by atoms with Gasteiger partial charge in [0.25, 0.3) is 0 Å². The molecule has 1 atom stereocenters. The molecule has 7 heteroatoms. The molecule has 1 aliphatic rings. The highest BCUT2D eigenvalue weighted by molar-refractivity contribution is 7.80. The lowest BCUT2D eigenvalue weighted by atomic mass is 9.95. The van der Waals surface area contributed by atoms with Gasteiger partial charge in [-0.05, 0) is 54.5 Å². The molecule has 3 aromatic rings. The van der Waals surface area contributed by atoms with Crippen molar-refractivity contribution in [2.24, 2.45) is 0 Å². The largest absolute Gasteiger partial charge is 0.457 e. The average molecular weight is 459 g/mol. The van der Waals surface area contributed by atoms with E-state index in [1.807, 2.05) is 42.5 Å². The Morgan fingerprint density at radius 3 is 2.33 bits per heavy atom. The molecule has 1 aliphatic heterocycles. The van der Waals surface area contributed by atoms with Crippen molar-refractivity contribution in [3.63, 3.8) is 0 Å². The van der Waals surface area contributed by atoms with E-state index in [4.69, 9.17) is 21.7 Å². The second-order valence-corrected chi connectivity index (χ2v) is 7.87. The lowest BCUT2D eigenvalue weighted by Gasteiger charge is -2.30. The number of carbonyl (C=O) groups excluding carboxylic acids is 2. The Morgan fingerprint density at radius 1 is 0.909 bits per heavy atom. The van der Waals surface area contributed by atoms with Gasteiger partial charge in [-0.3, -0.25) is 0 Å². The van der Waals surface area contributed by atoms with Gasteiger partial charge in [0.15, 0.2) is 5.11 Å². The van der Waals surface area contributed by atoms with Crippen LogP contribution in [0.4, 0.5) is 0 Å². The third kappa shape index (κ3) is 5.45. The van der Waals surface area contributed by atoms with Crippen LogP contribution in [0.25, 0.3) is 0 Å². The van der Waals surface area contributed by atoms with E-state index >= 15 is 0 Å². The van der Waals surface area contributed by atoms with E-state index in [1.54, 1.807) is 49.4 Å². The van der Waals surface area contributed by atoms with Crippen LogP contribution in [0.2, 0.25) is 0 Å². The van der Waals surface area contributed by atoms with Gasteiger partial charge in [-0.25, -0.2) is 9.59 Å². The Kier molecular flexibility index (Phi) is 6.80. The van der Waals surface area contributed by atoms with Crippen LogP contribution in [0.3, 0.4) is 0 Å². The SMILES string of the molecule is CC1=C(C(=O)OCc2ccccc2)C(c2cccc(OC(=O)c3ccccc3)c2)NC(=S)N1. The summed E-state index contributed by atoms with van der Waals surface area (Å²) < 4.78 is 11.1. The smallest absolute Gasteiger partial charge is 0.343 e. The van der Waals surface area contributed by atoms with Crippen LogP contribution in [-0.2, 0) is 16.1 Å². The summed E-state index contributed by atoms with van der Waals surface area (Å²) in [7, 11) is 0. The lowest BCUT2D eigenvalue weighted by Crippen LogP contribution is -2.45. The van der Waals surface area contributed by atoms with Gasteiger partial charge in [0.2, 0.25) is 0 Å². The van der Waals surface area contributed by atoms with Crippen molar-refractivity contribution in [1.82, 2.24) is 10.6 Å². The van der Waals surface area contributed by atoms with E-state index in [0.29, 0.717) is 33.3 Å². The second-order valence-electron chi connectivity index (χ2n) is 7.46. The number of ether oxygens (including phenoxy) is 2. The molecule has 0 saturated heterocycles. The van der Waals surface area contributed by atoms with E-state index in [2.05, 4.69) is 10.6 Å². The second kappa shape index (κ2) is 10.1.